The summed E-state index contributed by atoms with van der Waals surface area (Å²) in [5.41, 5.74) is 1.56. The number of carbonyl (C=O) groups excluding carboxylic acids is 1. The Labute approximate surface area is 189 Å². The lowest BCUT2D eigenvalue weighted by Crippen LogP contribution is -2.44. The van der Waals surface area contributed by atoms with Crippen LogP contribution in [0.1, 0.15) is 56.5 Å². The number of piperidine rings is 1. The van der Waals surface area contributed by atoms with Gasteiger partial charge in [-0.1, -0.05) is 6.92 Å². The third-order valence-corrected chi connectivity index (χ3v) is 5.18. The van der Waals surface area contributed by atoms with E-state index in [1.807, 2.05) is 20.8 Å². The second-order valence-electron chi connectivity index (χ2n) is 7.46. The van der Waals surface area contributed by atoms with Gasteiger partial charge in [0.2, 0.25) is 5.75 Å². The van der Waals surface area contributed by atoms with Gasteiger partial charge < -0.3 is 23.8 Å². The lowest BCUT2D eigenvalue weighted by Gasteiger charge is -2.32. The quantitative estimate of drug-likeness (QED) is 0.550. The summed E-state index contributed by atoms with van der Waals surface area (Å²) in [6, 6.07) is 3.81. The Morgan fingerprint density at radius 3 is 2.19 bits per heavy atom. The maximum atomic E-state index is 13.4. The lowest BCUT2D eigenvalue weighted by molar-refractivity contribution is 0.0515. The zero-order valence-electron chi connectivity index (χ0n) is 19.4. The average Bonchev–Trinajstić information content (AvgIpc) is 2.81. The number of hydrogen-bond acceptors (Lipinski definition) is 7. The van der Waals surface area contributed by atoms with Gasteiger partial charge in [0.15, 0.2) is 11.5 Å². The molecule has 3 rings (SSSR count). The Hall–Kier alpha value is -3.03. The van der Waals surface area contributed by atoms with Gasteiger partial charge in [-0.05, 0) is 57.7 Å². The van der Waals surface area contributed by atoms with Crippen molar-refractivity contribution in [3.8, 4) is 23.3 Å². The van der Waals surface area contributed by atoms with Crippen LogP contribution in [0, 0.1) is 0 Å². The first-order valence-electron chi connectivity index (χ1n) is 11.4. The third-order valence-electron chi connectivity index (χ3n) is 5.18. The summed E-state index contributed by atoms with van der Waals surface area (Å²) in [5, 5.41) is 0. The van der Waals surface area contributed by atoms with Crippen LogP contribution in [0.25, 0.3) is 0 Å². The second kappa shape index (κ2) is 11.5. The topological polar surface area (TPSA) is 83.0 Å². The molecule has 8 nitrogen and oxygen atoms in total. The van der Waals surface area contributed by atoms with E-state index in [9.17, 15) is 4.79 Å². The third kappa shape index (κ3) is 5.81. The first-order valence-corrected chi connectivity index (χ1v) is 11.4. The number of likely N-dealkylation sites (tertiary alicyclic amines) is 1. The smallest absolute Gasteiger partial charge is 0.316 e. The molecule has 0 N–H and O–H groups in total. The molecule has 1 aromatic heterocycles. The van der Waals surface area contributed by atoms with Crippen LogP contribution in [0.2, 0.25) is 0 Å². The number of ether oxygens (including phenoxy) is 4. The Morgan fingerprint density at radius 1 is 1.00 bits per heavy atom. The van der Waals surface area contributed by atoms with Gasteiger partial charge in [-0.25, -0.2) is 9.97 Å². The van der Waals surface area contributed by atoms with Crippen molar-refractivity contribution in [1.29, 1.82) is 0 Å². The molecule has 1 amide bonds. The van der Waals surface area contributed by atoms with E-state index in [4.69, 9.17) is 18.9 Å². The summed E-state index contributed by atoms with van der Waals surface area (Å²) in [6.07, 6.45) is 5.97. The number of benzene rings is 1. The molecule has 0 spiro atoms. The minimum atomic E-state index is -0.152. The predicted octanol–water partition coefficient (Wildman–Crippen LogP) is 3.92. The second-order valence-corrected chi connectivity index (χ2v) is 7.46. The largest absolute Gasteiger partial charge is 0.490 e. The molecular formula is C24H33N3O5. The zero-order chi connectivity index (χ0) is 22.9. The number of rotatable bonds is 10. The first kappa shape index (κ1) is 23.6. The predicted molar refractivity (Wildman–Crippen MR) is 121 cm³/mol. The number of amides is 1. The highest BCUT2D eigenvalue weighted by atomic mass is 16.5. The van der Waals surface area contributed by atoms with E-state index in [1.54, 1.807) is 29.4 Å². The molecule has 1 aliphatic rings. The van der Waals surface area contributed by atoms with Crippen LogP contribution in [-0.4, -0.2) is 59.8 Å². The molecule has 1 atom stereocenters. The van der Waals surface area contributed by atoms with Crippen LogP contribution in [0.15, 0.2) is 24.5 Å². The monoisotopic (exact) mass is 443 g/mol. The molecule has 2 heterocycles. The Kier molecular flexibility index (Phi) is 8.53. The number of nitrogens with zero attached hydrogens (tertiary/aromatic N) is 3. The van der Waals surface area contributed by atoms with E-state index in [-0.39, 0.29) is 12.0 Å². The number of aromatic nitrogens is 2. The van der Waals surface area contributed by atoms with E-state index in [0.29, 0.717) is 61.7 Å². The van der Waals surface area contributed by atoms with E-state index in [2.05, 4.69) is 16.9 Å². The van der Waals surface area contributed by atoms with Crippen LogP contribution >= 0.6 is 0 Å². The summed E-state index contributed by atoms with van der Waals surface area (Å²) in [4.78, 5) is 23.7. The van der Waals surface area contributed by atoms with Crippen LogP contribution < -0.4 is 18.9 Å². The van der Waals surface area contributed by atoms with Crippen molar-refractivity contribution in [2.75, 3.05) is 32.9 Å². The SMILES string of the molecule is CCOc1cc(C(=O)N2CCCC(Oc3ncc(CC)cn3)C2)cc(OCC)c1OCC. The number of aryl methyl sites for hydroxylation is 1. The van der Waals surface area contributed by atoms with E-state index in [1.165, 1.54) is 0 Å². The highest BCUT2D eigenvalue weighted by Crippen LogP contribution is 2.39. The number of hydrogen-bond donors (Lipinski definition) is 0. The van der Waals surface area contributed by atoms with Crippen LogP contribution in [-0.2, 0) is 6.42 Å². The molecular weight excluding hydrogens is 410 g/mol. The molecule has 2 aromatic rings. The van der Waals surface area contributed by atoms with Crippen molar-refractivity contribution in [2.24, 2.45) is 0 Å². The van der Waals surface area contributed by atoms with Crippen molar-refractivity contribution in [3.05, 3.63) is 35.7 Å². The molecule has 174 valence electrons. The van der Waals surface area contributed by atoms with Crippen molar-refractivity contribution < 1.29 is 23.7 Å². The summed E-state index contributed by atoms with van der Waals surface area (Å²) >= 11 is 0. The van der Waals surface area contributed by atoms with E-state index in [0.717, 1.165) is 24.8 Å². The molecule has 1 aromatic carbocycles. The van der Waals surface area contributed by atoms with Gasteiger partial charge in [0.25, 0.3) is 5.91 Å². The average molecular weight is 444 g/mol. The number of carbonyl (C=O) groups is 1. The minimum Gasteiger partial charge on any atom is -0.490 e. The molecule has 1 aliphatic heterocycles. The zero-order valence-corrected chi connectivity index (χ0v) is 19.4. The van der Waals surface area contributed by atoms with Crippen molar-refractivity contribution in [3.63, 3.8) is 0 Å². The van der Waals surface area contributed by atoms with Gasteiger partial charge in [-0.15, -0.1) is 0 Å². The molecule has 0 radical (unpaired) electrons. The van der Waals surface area contributed by atoms with E-state index >= 15 is 0 Å². The fraction of sp³-hybridized carbons (Fsp3) is 0.542. The molecule has 1 fully saturated rings. The standard InChI is InChI=1S/C24H33N3O5/c1-5-17-14-25-24(26-15-17)32-19-10-9-11-27(16-19)23(28)18-12-20(29-6-2)22(31-8-4)21(13-18)30-7-3/h12-15,19H,5-11,16H2,1-4H3. The molecule has 0 aliphatic carbocycles. The fourth-order valence-corrected chi connectivity index (χ4v) is 3.65. The van der Waals surface area contributed by atoms with Gasteiger partial charge in [0.05, 0.1) is 26.4 Å². The maximum Gasteiger partial charge on any atom is 0.316 e. The lowest BCUT2D eigenvalue weighted by atomic mass is 10.1. The molecule has 1 saturated heterocycles. The van der Waals surface area contributed by atoms with Gasteiger partial charge in [0.1, 0.15) is 6.10 Å². The Bertz CT molecular complexity index is 861. The summed E-state index contributed by atoms with van der Waals surface area (Å²) in [5.74, 6) is 1.46. The molecule has 8 heteroatoms. The first-order chi connectivity index (χ1) is 15.6. The summed E-state index contributed by atoms with van der Waals surface area (Å²) in [6.45, 7) is 10.3. The van der Waals surface area contributed by atoms with Gasteiger partial charge >= 0.3 is 6.01 Å². The highest BCUT2D eigenvalue weighted by molar-refractivity contribution is 5.95. The summed E-state index contributed by atoms with van der Waals surface area (Å²) < 4.78 is 23.2. The summed E-state index contributed by atoms with van der Waals surface area (Å²) in [7, 11) is 0. The minimum absolute atomic E-state index is 0.0921. The van der Waals surface area contributed by atoms with Crippen LogP contribution in [0.4, 0.5) is 0 Å². The Balaban J connectivity index is 1.77. The molecule has 0 bridgehead atoms. The van der Waals surface area contributed by atoms with Gasteiger partial charge in [-0.2, -0.15) is 0 Å². The maximum absolute atomic E-state index is 13.4. The van der Waals surface area contributed by atoms with Crippen molar-refractivity contribution >= 4 is 5.91 Å². The molecule has 1 unspecified atom stereocenters. The van der Waals surface area contributed by atoms with Gasteiger partial charge in [-0.3, -0.25) is 4.79 Å². The van der Waals surface area contributed by atoms with Crippen LogP contribution in [0.5, 0.6) is 23.3 Å². The highest BCUT2D eigenvalue weighted by Gasteiger charge is 2.28. The van der Waals surface area contributed by atoms with Crippen molar-refractivity contribution in [1.82, 2.24) is 14.9 Å². The van der Waals surface area contributed by atoms with Gasteiger partial charge in [0, 0.05) is 24.5 Å². The Morgan fingerprint density at radius 2 is 1.62 bits per heavy atom. The van der Waals surface area contributed by atoms with Crippen molar-refractivity contribution in [2.45, 2.75) is 53.1 Å². The van der Waals surface area contributed by atoms with Crippen LogP contribution in [0.3, 0.4) is 0 Å². The molecule has 0 saturated carbocycles. The fourth-order valence-electron chi connectivity index (χ4n) is 3.65. The normalized spacial score (nSPS) is 15.9. The molecule has 32 heavy (non-hydrogen) atoms. The van der Waals surface area contributed by atoms with E-state index < -0.39 is 0 Å².